The van der Waals surface area contributed by atoms with Crippen LogP contribution in [0.15, 0.2) is 65.3 Å². The minimum Gasteiger partial charge on any atom is -0.497 e. The molecule has 0 aliphatic carbocycles. The van der Waals surface area contributed by atoms with Crippen LogP contribution in [0, 0.1) is 0 Å². The summed E-state index contributed by atoms with van der Waals surface area (Å²) in [6, 6.07) is 15.2. The SMILES string of the molecule is COc1ccc(-c2ccc(C(=O)N3CCCC[C@@H]3c3cccnc3)o2)cc1. The fourth-order valence-corrected chi connectivity index (χ4v) is 3.60. The first-order chi connectivity index (χ1) is 13.3. The molecule has 0 N–H and O–H groups in total. The molecule has 1 amide bonds. The zero-order valence-corrected chi connectivity index (χ0v) is 15.3. The molecule has 0 bridgehead atoms. The van der Waals surface area contributed by atoms with E-state index in [-0.39, 0.29) is 11.9 Å². The van der Waals surface area contributed by atoms with E-state index >= 15 is 0 Å². The number of furan rings is 1. The molecule has 0 unspecified atom stereocenters. The van der Waals surface area contributed by atoms with Gasteiger partial charge in [0.1, 0.15) is 11.5 Å². The number of ether oxygens (including phenoxy) is 1. The Labute approximate surface area is 158 Å². The van der Waals surface area contributed by atoms with Gasteiger partial charge in [0.25, 0.3) is 5.91 Å². The number of likely N-dealkylation sites (tertiary alicyclic amines) is 1. The zero-order valence-electron chi connectivity index (χ0n) is 15.3. The monoisotopic (exact) mass is 362 g/mol. The number of carbonyl (C=O) groups excluding carboxylic acids is 1. The number of aromatic nitrogens is 1. The van der Waals surface area contributed by atoms with E-state index in [2.05, 4.69) is 4.98 Å². The highest BCUT2D eigenvalue weighted by Crippen LogP contribution is 2.33. The highest BCUT2D eigenvalue weighted by atomic mass is 16.5. The first-order valence-corrected chi connectivity index (χ1v) is 9.21. The summed E-state index contributed by atoms with van der Waals surface area (Å²) < 4.78 is 11.1. The van der Waals surface area contributed by atoms with Crippen LogP contribution in [0.25, 0.3) is 11.3 Å². The number of carbonyl (C=O) groups is 1. The molecule has 27 heavy (non-hydrogen) atoms. The van der Waals surface area contributed by atoms with Crippen LogP contribution in [0.2, 0.25) is 0 Å². The minimum absolute atomic E-state index is 0.0505. The topological polar surface area (TPSA) is 55.6 Å². The Kier molecular flexibility index (Phi) is 4.92. The fourth-order valence-electron chi connectivity index (χ4n) is 3.60. The number of piperidine rings is 1. The molecule has 4 rings (SSSR count). The molecule has 0 radical (unpaired) electrons. The second-order valence-electron chi connectivity index (χ2n) is 6.69. The lowest BCUT2D eigenvalue weighted by molar-refractivity contribution is 0.0579. The van der Waals surface area contributed by atoms with Gasteiger partial charge in [-0.15, -0.1) is 0 Å². The van der Waals surface area contributed by atoms with Crippen molar-refractivity contribution >= 4 is 5.91 Å². The third-order valence-corrected chi connectivity index (χ3v) is 5.02. The van der Waals surface area contributed by atoms with E-state index in [1.165, 1.54) is 0 Å². The van der Waals surface area contributed by atoms with Gasteiger partial charge in [-0.25, -0.2) is 0 Å². The summed E-state index contributed by atoms with van der Waals surface area (Å²) in [5, 5.41) is 0. The van der Waals surface area contributed by atoms with E-state index < -0.39 is 0 Å². The van der Waals surface area contributed by atoms with Crippen LogP contribution in [0.5, 0.6) is 5.75 Å². The number of rotatable bonds is 4. The maximum atomic E-state index is 13.1. The van der Waals surface area contributed by atoms with Crippen LogP contribution >= 0.6 is 0 Å². The Hall–Kier alpha value is -3.08. The van der Waals surface area contributed by atoms with Crippen LogP contribution in [0.4, 0.5) is 0 Å². The van der Waals surface area contributed by atoms with E-state index in [1.807, 2.05) is 53.6 Å². The molecule has 5 heteroatoms. The smallest absolute Gasteiger partial charge is 0.290 e. The maximum absolute atomic E-state index is 13.1. The summed E-state index contributed by atoms with van der Waals surface area (Å²) >= 11 is 0. The Bertz CT molecular complexity index is 903. The van der Waals surface area contributed by atoms with Gasteiger partial charge in [0.15, 0.2) is 5.76 Å². The van der Waals surface area contributed by atoms with Gasteiger partial charge in [-0.1, -0.05) is 6.07 Å². The Morgan fingerprint density at radius 1 is 1.15 bits per heavy atom. The molecule has 1 saturated heterocycles. The van der Waals surface area contributed by atoms with Crippen molar-refractivity contribution in [2.75, 3.05) is 13.7 Å². The lowest BCUT2D eigenvalue weighted by atomic mass is 9.96. The summed E-state index contributed by atoms with van der Waals surface area (Å²) in [6.45, 7) is 0.733. The van der Waals surface area contributed by atoms with Crippen molar-refractivity contribution in [1.29, 1.82) is 0 Å². The third-order valence-electron chi connectivity index (χ3n) is 5.02. The quantitative estimate of drug-likeness (QED) is 0.674. The second kappa shape index (κ2) is 7.66. The molecule has 138 valence electrons. The molecule has 5 nitrogen and oxygen atoms in total. The van der Waals surface area contributed by atoms with Gasteiger partial charge in [0.05, 0.1) is 13.2 Å². The van der Waals surface area contributed by atoms with Crippen molar-refractivity contribution in [3.8, 4) is 17.1 Å². The highest BCUT2D eigenvalue weighted by molar-refractivity contribution is 5.92. The number of nitrogens with zero attached hydrogens (tertiary/aromatic N) is 2. The van der Waals surface area contributed by atoms with Crippen LogP contribution in [-0.4, -0.2) is 29.4 Å². The summed E-state index contributed by atoms with van der Waals surface area (Å²) in [4.78, 5) is 19.2. The van der Waals surface area contributed by atoms with E-state index in [1.54, 1.807) is 19.4 Å². The Balaban J connectivity index is 1.57. The molecular formula is C22H22N2O3. The first kappa shape index (κ1) is 17.3. The van der Waals surface area contributed by atoms with E-state index in [4.69, 9.17) is 9.15 Å². The molecule has 1 aliphatic heterocycles. The molecule has 0 saturated carbocycles. The summed E-state index contributed by atoms with van der Waals surface area (Å²) in [6.07, 6.45) is 6.67. The molecular weight excluding hydrogens is 340 g/mol. The van der Waals surface area contributed by atoms with Crippen molar-refractivity contribution < 1.29 is 13.9 Å². The molecule has 1 aliphatic rings. The van der Waals surface area contributed by atoms with Crippen molar-refractivity contribution in [2.45, 2.75) is 25.3 Å². The molecule has 0 spiro atoms. The largest absolute Gasteiger partial charge is 0.497 e. The molecule has 1 aromatic carbocycles. The van der Waals surface area contributed by atoms with Gasteiger partial charge in [-0.3, -0.25) is 9.78 Å². The lowest BCUT2D eigenvalue weighted by Gasteiger charge is -2.35. The maximum Gasteiger partial charge on any atom is 0.290 e. The van der Waals surface area contributed by atoms with E-state index in [9.17, 15) is 4.79 Å². The van der Waals surface area contributed by atoms with Gasteiger partial charge in [-0.2, -0.15) is 0 Å². The summed E-state index contributed by atoms with van der Waals surface area (Å²) in [5.74, 6) is 1.77. The van der Waals surface area contributed by atoms with Crippen LogP contribution in [0.3, 0.4) is 0 Å². The first-order valence-electron chi connectivity index (χ1n) is 9.21. The van der Waals surface area contributed by atoms with Gasteiger partial charge < -0.3 is 14.1 Å². The number of methoxy groups -OCH3 is 1. The number of hydrogen-bond donors (Lipinski definition) is 0. The average molecular weight is 362 g/mol. The van der Waals surface area contributed by atoms with Crippen molar-refractivity contribution in [3.63, 3.8) is 0 Å². The summed E-state index contributed by atoms with van der Waals surface area (Å²) in [5.41, 5.74) is 1.99. The predicted molar refractivity (Wildman–Crippen MR) is 103 cm³/mol. The van der Waals surface area contributed by atoms with Crippen LogP contribution in [0.1, 0.15) is 41.4 Å². The average Bonchev–Trinajstić information content (AvgIpc) is 3.24. The highest BCUT2D eigenvalue weighted by Gasteiger charge is 2.30. The number of amides is 1. The predicted octanol–water partition coefficient (Wildman–Crippen LogP) is 4.72. The van der Waals surface area contributed by atoms with E-state index in [0.717, 1.165) is 42.7 Å². The molecule has 1 fully saturated rings. The minimum atomic E-state index is -0.0664. The van der Waals surface area contributed by atoms with Gasteiger partial charge in [-0.05, 0) is 67.3 Å². The number of pyridine rings is 1. The van der Waals surface area contributed by atoms with Gasteiger partial charge in [0.2, 0.25) is 0 Å². The van der Waals surface area contributed by atoms with Crippen molar-refractivity contribution in [2.24, 2.45) is 0 Å². The number of hydrogen-bond acceptors (Lipinski definition) is 4. The van der Waals surface area contributed by atoms with Gasteiger partial charge in [0, 0.05) is 24.5 Å². The fraction of sp³-hybridized carbons (Fsp3) is 0.273. The number of benzene rings is 1. The Morgan fingerprint density at radius 3 is 2.74 bits per heavy atom. The molecule has 3 aromatic rings. The molecule has 1 atom stereocenters. The van der Waals surface area contributed by atoms with Gasteiger partial charge >= 0.3 is 0 Å². The normalized spacial score (nSPS) is 16.9. The Morgan fingerprint density at radius 2 is 2.00 bits per heavy atom. The van der Waals surface area contributed by atoms with E-state index in [0.29, 0.717) is 11.5 Å². The lowest BCUT2D eigenvalue weighted by Crippen LogP contribution is -2.38. The van der Waals surface area contributed by atoms with Crippen LogP contribution < -0.4 is 4.74 Å². The molecule has 2 aromatic heterocycles. The van der Waals surface area contributed by atoms with Crippen molar-refractivity contribution in [1.82, 2.24) is 9.88 Å². The second-order valence-corrected chi connectivity index (χ2v) is 6.69. The zero-order chi connectivity index (χ0) is 18.6. The van der Waals surface area contributed by atoms with Crippen molar-refractivity contribution in [3.05, 3.63) is 72.2 Å². The van der Waals surface area contributed by atoms with Crippen LogP contribution in [-0.2, 0) is 0 Å². The summed E-state index contributed by atoms with van der Waals surface area (Å²) in [7, 11) is 1.63. The molecule has 3 heterocycles. The third kappa shape index (κ3) is 3.58. The standard InChI is InChI=1S/C22H22N2O3/c1-26-18-9-7-16(8-10-18)20-11-12-21(27-20)22(25)24-14-3-2-6-19(24)17-5-4-13-23-15-17/h4-5,7-13,15,19H,2-3,6,14H2,1H3/t19-/m1/s1.